The molecule has 1 aliphatic rings. The van der Waals surface area contributed by atoms with Crippen LogP contribution in [0.2, 0.25) is 0 Å². The van der Waals surface area contributed by atoms with Gasteiger partial charge < -0.3 is 10.0 Å². The molecule has 1 aliphatic heterocycles. The van der Waals surface area contributed by atoms with Gasteiger partial charge in [-0.15, -0.1) is 0 Å². The summed E-state index contributed by atoms with van der Waals surface area (Å²) in [5.74, 6) is 0. The molecule has 35 heavy (non-hydrogen) atoms. The molecule has 1 fully saturated rings. The van der Waals surface area contributed by atoms with Gasteiger partial charge in [-0.3, -0.25) is 4.98 Å². The summed E-state index contributed by atoms with van der Waals surface area (Å²) in [6.07, 6.45) is 3.36. The molecule has 0 amide bonds. The Morgan fingerprint density at radius 2 is 1.66 bits per heavy atom. The number of rotatable bonds is 5. The fraction of sp³-hybridized carbons (Fsp3) is 0.276. The molecule has 5 nitrogen and oxygen atoms in total. The van der Waals surface area contributed by atoms with Crippen LogP contribution in [0.5, 0.6) is 0 Å². The van der Waals surface area contributed by atoms with Crippen molar-refractivity contribution in [2.45, 2.75) is 48.5 Å². The van der Waals surface area contributed by atoms with E-state index in [0.29, 0.717) is 31.6 Å². The van der Waals surface area contributed by atoms with Gasteiger partial charge in [0.2, 0.25) is 9.84 Å². The molecule has 1 aromatic heterocycles. The number of nitrogens with zero attached hydrogens (tertiary/aromatic N) is 2. The Kier molecular flexibility index (Phi) is 6.11. The van der Waals surface area contributed by atoms with Gasteiger partial charge in [-0.2, -0.15) is 0 Å². The maximum absolute atomic E-state index is 13.9. The molecular formula is C29H30N2O3S. The second-order valence-electron chi connectivity index (χ2n) is 9.38. The van der Waals surface area contributed by atoms with Gasteiger partial charge in [-0.05, 0) is 61.6 Å². The predicted molar refractivity (Wildman–Crippen MR) is 140 cm³/mol. The van der Waals surface area contributed by atoms with Crippen LogP contribution in [-0.2, 0) is 21.9 Å². The lowest BCUT2D eigenvalue weighted by atomic mass is 9.84. The van der Waals surface area contributed by atoms with E-state index in [0.717, 1.165) is 34.0 Å². The molecule has 4 aromatic rings. The molecule has 1 saturated heterocycles. The molecule has 0 aliphatic carbocycles. The number of aliphatic hydroxyl groups is 1. The van der Waals surface area contributed by atoms with Crippen molar-refractivity contribution in [1.29, 1.82) is 0 Å². The van der Waals surface area contributed by atoms with Crippen LogP contribution in [0.25, 0.3) is 10.9 Å². The summed E-state index contributed by atoms with van der Waals surface area (Å²) < 4.78 is 27.7. The highest BCUT2D eigenvalue weighted by Crippen LogP contribution is 2.40. The monoisotopic (exact) mass is 486 g/mol. The minimum absolute atomic E-state index is 0.213. The number of sulfone groups is 1. The summed E-state index contributed by atoms with van der Waals surface area (Å²) in [5.41, 5.74) is 3.54. The van der Waals surface area contributed by atoms with Crippen LogP contribution in [0, 0.1) is 6.92 Å². The van der Waals surface area contributed by atoms with E-state index in [1.165, 1.54) is 6.20 Å². The number of piperidine rings is 1. The van der Waals surface area contributed by atoms with Crippen molar-refractivity contribution >= 4 is 26.4 Å². The quantitative estimate of drug-likeness (QED) is 0.408. The third kappa shape index (κ3) is 4.32. The molecule has 0 spiro atoms. The van der Waals surface area contributed by atoms with E-state index >= 15 is 0 Å². The summed E-state index contributed by atoms with van der Waals surface area (Å²) in [5, 5.41) is 12.2. The van der Waals surface area contributed by atoms with Crippen LogP contribution < -0.4 is 4.90 Å². The predicted octanol–water partition coefficient (Wildman–Crippen LogP) is 5.43. The first-order valence-corrected chi connectivity index (χ1v) is 13.6. The van der Waals surface area contributed by atoms with E-state index < -0.39 is 15.4 Å². The van der Waals surface area contributed by atoms with E-state index in [9.17, 15) is 13.5 Å². The van der Waals surface area contributed by atoms with Crippen LogP contribution in [0.1, 0.15) is 36.5 Å². The third-order valence-electron chi connectivity index (χ3n) is 7.11. The van der Waals surface area contributed by atoms with Crippen molar-refractivity contribution in [1.82, 2.24) is 4.98 Å². The first kappa shape index (κ1) is 23.5. The minimum atomic E-state index is -3.80. The molecule has 0 radical (unpaired) electrons. The topological polar surface area (TPSA) is 70.5 Å². The number of pyridine rings is 1. The van der Waals surface area contributed by atoms with Gasteiger partial charge in [0.15, 0.2) is 0 Å². The SMILES string of the molecule is CCc1ccc(S(=O)(=O)c2cnc3ccc(C)cc3c2N2CCC(O)(c3ccccc3)CC2)cc1. The second-order valence-corrected chi connectivity index (χ2v) is 11.3. The molecule has 0 saturated carbocycles. The zero-order chi connectivity index (χ0) is 24.6. The van der Waals surface area contributed by atoms with Crippen molar-refractivity contribution in [2.75, 3.05) is 18.0 Å². The number of anilines is 1. The first-order valence-electron chi connectivity index (χ1n) is 12.1. The average Bonchev–Trinajstić information content (AvgIpc) is 2.89. The Balaban J connectivity index is 1.60. The molecule has 0 atom stereocenters. The number of benzene rings is 3. The Labute approximate surface area is 207 Å². The Morgan fingerprint density at radius 3 is 2.31 bits per heavy atom. The summed E-state index contributed by atoms with van der Waals surface area (Å²) in [6.45, 7) is 5.12. The van der Waals surface area contributed by atoms with Crippen molar-refractivity contribution in [3.05, 3.63) is 95.7 Å². The highest BCUT2D eigenvalue weighted by molar-refractivity contribution is 7.91. The van der Waals surface area contributed by atoms with Gasteiger partial charge in [-0.25, -0.2) is 8.42 Å². The molecule has 3 aromatic carbocycles. The van der Waals surface area contributed by atoms with Crippen molar-refractivity contribution in [3.63, 3.8) is 0 Å². The zero-order valence-electron chi connectivity index (χ0n) is 20.1. The number of hydrogen-bond donors (Lipinski definition) is 1. The van der Waals surface area contributed by atoms with Crippen molar-refractivity contribution < 1.29 is 13.5 Å². The first-order chi connectivity index (χ1) is 16.8. The van der Waals surface area contributed by atoms with Crippen molar-refractivity contribution in [2.24, 2.45) is 0 Å². The highest BCUT2D eigenvalue weighted by Gasteiger charge is 2.36. The standard InChI is InChI=1S/C29H30N2O3S/c1-3-22-10-12-24(13-11-22)35(33,34)27-20-30-26-14-9-21(2)19-25(26)28(27)31-17-15-29(32,16-18-31)23-7-5-4-6-8-23/h4-14,19-20,32H,3,15-18H2,1-2H3. The van der Waals surface area contributed by atoms with E-state index in [-0.39, 0.29) is 9.79 Å². The third-order valence-corrected chi connectivity index (χ3v) is 8.88. The van der Waals surface area contributed by atoms with Crippen LogP contribution >= 0.6 is 0 Å². The smallest absolute Gasteiger partial charge is 0.210 e. The maximum atomic E-state index is 13.9. The molecule has 0 unspecified atom stereocenters. The molecular weight excluding hydrogens is 456 g/mol. The van der Waals surface area contributed by atoms with Gasteiger partial charge in [0.25, 0.3) is 0 Å². The summed E-state index contributed by atoms with van der Waals surface area (Å²) in [7, 11) is -3.80. The lowest BCUT2D eigenvalue weighted by molar-refractivity contribution is 0.0117. The average molecular weight is 487 g/mol. The van der Waals surface area contributed by atoms with E-state index in [1.807, 2.05) is 74.5 Å². The van der Waals surface area contributed by atoms with Gasteiger partial charge in [0, 0.05) is 24.7 Å². The molecule has 5 rings (SSSR count). The normalized spacial score (nSPS) is 15.9. The molecule has 6 heteroatoms. The number of aryl methyl sites for hydroxylation is 2. The summed E-state index contributed by atoms with van der Waals surface area (Å²) in [6, 6.07) is 22.8. The molecule has 0 bridgehead atoms. The maximum Gasteiger partial charge on any atom is 0.210 e. The largest absolute Gasteiger partial charge is 0.385 e. The fourth-order valence-corrected chi connectivity index (χ4v) is 6.40. The van der Waals surface area contributed by atoms with E-state index in [4.69, 9.17) is 0 Å². The number of fused-ring (bicyclic) bond motifs is 1. The number of aromatic nitrogens is 1. The van der Waals surface area contributed by atoms with E-state index in [2.05, 4.69) is 9.88 Å². The van der Waals surface area contributed by atoms with Gasteiger partial charge in [0.05, 0.1) is 21.7 Å². The highest BCUT2D eigenvalue weighted by atomic mass is 32.2. The van der Waals surface area contributed by atoms with E-state index in [1.54, 1.807) is 12.1 Å². The molecule has 2 heterocycles. The van der Waals surface area contributed by atoms with Crippen LogP contribution in [0.3, 0.4) is 0 Å². The minimum Gasteiger partial charge on any atom is -0.385 e. The summed E-state index contributed by atoms with van der Waals surface area (Å²) >= 11 is 0. The Bertz CT molecular complexity index is 1460. The molecule has 1 N–H and O–H groups in total. The van der Waals surface area contributed by atoms with Gasteiger partial charge >= 0.3 is 0 Å². The zero-order valence-corrected chi connectivity index (χ0v) is 20.9. The van der Waals surface area contributed by atoms with Crippen LogP contribution in [0.4, 0.5) is 5.69 Å². The summed E-state index contributed by atoms with van der Waals surface area (Å²) in [4.78, 5) is 7.11. The Hall–Kier alpha value is -3.22. The van der Waals surface area contributed by atoms with Gasteiger partial charge in [-0.1, -0.05) is 61.0 Å². The fourth-order valence-electron chi connectivity index (χ4n) is 4.97. The Morgan fingerprint density at radius 1 is 0.971 bits per heavy atom. The molecule has 180 valence electrons. The van der Waals surface area contributed by atoms with Crippen LogP contribution in [-0.4, -0.2) is 31.6 Å². The van der Waals surface area contributed by atoms with Gasteiger partial charge in [0.1, 0.15) is 4.90 Å². The van der Waals surface area contributed by atoms with Crippen molar-refractivity contribution in [3.8, 4) is 0 Å². The lowest BCUT2D eigenvalue weighted by Crippen LogP contribution is -2.43. The van der Waals surface area contributed by atoms with Crippen LogP contribution in [0.15, 0.2) is 88.8 Å². The lowest BCUT2D eigenvalue weighted by Gasteiger charge is -2.40. The second kappa shape index (κ2) is 9.10. The number of hydrogen-bond acceptors (Lipinski definition) is 5.